The maximum atomic E-state index is 12.5. The zero-order valence-corrected chi connectivity index (χ0v) is 15.2. The molecule has 0 unspecified atom stereocenters. The molecule has 0 spiro atoms. The van der Waals surface area contributed by atoms with E-state index in [9.17, 15) is 4.79 Å². The molecular formula is C18H18N2O2S2. The molecule has 0 aliphatic carbocycles. The number of benzene rings is 2. The topological polar surface area (TPSA) is 43.6 Å². The van der Waals surface area contributed by atoms with Crippen LogP contribution in [0, 0.1) is 0 Å². The average molecular weight is 358 g/mol. The Labute approximate surface area is 148 Å². The average Bonchev–Trinajstić information content (AvgIpc) is 2.97. The van der Waals surface area contributed by atoms with Crippen molar-refractivity contribution in [2.24, 2.45) is 4.99 Å². The summed E-state index contributed by atoms with van der Waals surface area (Å²) in [5.41, 5.74) is 1.67. The van der Waals surface area contributed by atoms with Crippen LogP contribution < -0.4 is 4.80 Å². The van der Waals surface area contributed by atoms with Gasteiger partial charge in [0.1, 0.15) is 0 Å². The Morgan fingerprint density at radius 1 is 1.21 bits per heavy atom. The lowest BCUT2D eigenvalue weighted by Gasteiger charge is -2.04. The van der Waals surface area contributed by atoms with Crippen LogP contribution in [0.2, 0.25) is 0 Å². The van der Waals surface area contributed by atoms with E-state index in [0.717, 1.165) is 15.1 Å². The van der Waals surface area contributed by atoms with Gasteiger partial charge >= 0.3 is 0 Å². The van der Waals surface area contributed by atoms with Crippen LogP contribution in [-0.2, 0) is 11.3 Å². The molecule has 1 aromatic heterocycles. The highest BCUT2D eigenvalue weighted by Gasteiger charge is 2.09. The van der Waals surface area contributed by atoms with E-state index in [2.05, 4.69) is 4.99 Å². The van der Waals surface area contributed by atoms with E-state index in [4.69, 9.17) is 4.74 Å². The summed E-state index contributed by atoms with van der Waals surface area (Å²) < 4.78 is 8.34. The highest BCUT2D eigenvalue weighted by Crippen LogP contribution is 2.18. The summed E-state index contributed by atoms with van der Waals surface area (Å²) in [6.45, 7) is 1.24. The lowest BCUT2D eigenvalue weighted by Crippen LogP contribution is -2.19. The standard InChI is InChI=1S/C18H18N2O2S2/c1-22-12-11-20-15-5-3-4-6-16(15)24-18(20)19-17(21)13-7-9-14(23-2)10-8-13/h3-10H,11-12H2,1-2H3/b19-18-. The van der Waals surface area contributed by atoms with Crippen LogP contribution in [0.4, 0.5) is 0 Å². The maximum absolute atomic E-state index is 12.5. The first-order chi connectivity index (χ1) is 11.7. The third kappa shape index (κ3) is 3.61. The molecule has 2 aromatic carbocycles. The first-order valence-electron chi connectivity index (χ1n) is 7.53. The second-order valence-electron chi connectivity index (χ2n) is 5.14. The zero-order chi connectivity index (χ0) is 16.9. The first-order valence-corrected chi connectivity index (χ1v) is 9.57. The molecule has 0 bridgehead atoms. The minimum Gasteiger partial charge on any atom is -0.383 e. The van der Waals surface area contributed by atoms with Crippen molar-refractivity contribution < 1.29 is 9.53 Å². The number of methoxy groups -OCH3 is 1. The van der Waals surface area contributed by atoms with E-state index in [1.165, 1.54) is 11.3 Å². The number of rotatable bonds is 5. The van der Waals surface area contributed by atoms with E-state index in [1.807, 2.05) is 59.4 Å². The van der Waals surface area contributed by atoms with Crippen LogP contribution in [-0.4, -0.2) is 30.4 Å². The predicted molar refractivity (Wildman–Crippen MR) is 99.8 cm³/mol. The molecule has 0 aliphatic rings. The Balaban J connectivity index is 2.02. The molecule has 24 heavy (non-hydrogen) atoms. The molecule has 0 N–H and O–H groups in total. The number of nitrogens with zero attached hydrogens (tertiary/aromatic N) is 2. The molecule has 6 heteroatoms. The van der Waals surface area contributed by atoms with Gasteiger partial charge in [0.2, 0.25) is 0 Å². The van der Waals surface area contributed by atoms with Crippen molar-refractivity contribution in [1.82, 2.24) is 4.57 Å². The monoisotopic (exact) mass is 358 g/mol. The fraction of sp³-hybridized carbons (Fsp3) is 0.222. The summed E-state index contributed by atoms with van der Waals surface area (Å²) in [5.74, 6) is -0.222. The van der Waals surface area contributed by atoms with E-state index in [-0.39, 0.29) is 5.91 Å². The molecule has 3 aromatic rings. The number of thiazole rings is 1. The van der Waals surface area contributed by atoms with Gasteiger partial charge in [0.05, 0.1) is 16.8 Å². The maximum Gasteiger partial charge on any atom is 0.279 e. The van der Waals surface area contributed by atoms with Crippen LogP contribution in [0.15, 0.2) is 58.4 Å². The Hall–Kier alpha value is -1.89. The number of carbonyl (C=O) groups is 1. The number of fused-ring (bicyclic) bond motifs is 1. The second-order valence-corrected chi connectivity index (χ2v) is 7.03. The van der Waals surface area contributed by atoms with E-state index >= 15 is 0 Å². The summed E-state index contributed by atoms with van der Waals surface area (Å²) in [5, 5.41) is 0. The molecule has 0 aliphatic heterocycles. The molecule has 0 saturated carbocycles. The van der Waals surface area contributed by atoms with E-state index < -0.39 is 0 Å². The Morgan fingerprint density at radius 3 is 2.67 bits per heavy atom. The van der Waals surface area contributed by atoms with Gasteiger partial charge in [-0.3, -0.25) is 4.79 Å². The van der Waals surface area contributed by atoms with Crippen LogP contribution in [0.25, 0.3) is 10.2 Å². The molecular weight excluding hydrogens is 340 g/mol. The summed E-state index contributed by atoms with van der Waals surface area (Å²) in [6.07, 6.45) is 2.01. The van der Waals surface area contributed by atoms with Crippen LogP contribution >= 0.6 is 23.1 Å². The van der Waals surface area contributed by atoms with Gasteiger partial charge in [0, 0.05) is 24.1 Å². The van der Waals surface area contributed by atoms with Gasteiger partial charge in [-0.05, 0) is 42.7 Å². The smallest absolute Gasteiger partial charge is 0.279 e. The van der Waals surface area contributed by atoms with Gasteiger partial charge in [0.15, 0.2) is 4.80 Å². The van der Waals surface area contributed by atoms with Crippen molar-refractivity contribution in [3.05, 3.63) is 58.9 Å². The predicted octanol–water partition coefficient (Wildman–Crippen LogP) is 3.81. The Morgan fingerprint density at radius 2 is 1.96 bits per heavy atom. The fourth-order valence-corrected chi connectivity index (χ4v) is 3.85. The lowest BCUT2D eigenvalue weighted by molar-refractivity contribution is 0.0997. The highest BCUT2D eigenvalue weighted by atomic mass is 32.2. The molecule has 0 fully saturated rings. The Kier molecular flexibility index (Phi) is 5.50. The quantitative estimate of drug-likeness (QED) is 0.652. The highest BCUT2D eigenvalue weighted by molar-refractivity contribution is 7.98. The second kappa shape index (κ2) is 7.79. The largest absolute Gasteiger partial charge is 0.383 e. The van der Waals surface area contributed by atoms with Gasteiger partial charge in [-0.2, -0.15) is 4.99 Å². The summed E-state index contributed by atoms with van der Waals surface area (Å²) >= 11 is 3.17. The van der Waals surface area contributed by atoms with E-state index in [0.29, 0.717) is 23.5 Å². The fourth-order valence-electron chi connectivity index (χ4n) is 2.39. The molecule has 0 radical (unpaired) electrons. The molecule has 3 rings (SSSR count). The minimum absolute atomic E-state index is 0.222. The number of hydrogen-bond acceptors (Lipinski definition) is 4. The summed E-state index contributed by atoms with van der Waals surface area (Å²) in [7, 11) is 1.67. The first kappa shape index (κ1) is 17.0. The van der Waals surface area contributed by atoms with Crippen molar-refractivity contribution in [2.75, 3.05) is 20.0 Å². The van der Waals surface area contributed by atoms with Crippen molar-refractivity contribution >= 4 is 39.2 Å². The SMILES string of the molecule is COCCn1/c(=N/C(=O)c2ccc(SC)cc2)sc2ccccc21. The minimum atomic E-state index is -0.222. The van der Waals surface area contributed by atoms with Crippen LogP contribution in [0.3, 0.4) is 0 Å². The molecule has 4 nitrogen and oxygen atoms in total. The number of hydrogen-bond donors (Lipinski definition) is 0. The van der Waals surface area contributed by atoms with Crippen LogP contribution in [0.1, 0.15) is 10.4 Å². The molecule has 1 heterocycles. The lowest BCUT2D eigenvalue weighted by atomic mass is 10.2. The number of ether oxygens (including phenoxy) is 1. The number of amides is 1. The van der Waals surface area contributed by atoms with Gasteiger partial charge in [-0.15, -0.1) is 11.8 Å². The third-order valence-corrected chi connectivity index (χ3v) is 5.44. The number of aromatic nitrogens is 1. The van der Waals surface area contributed by atoms with Crippen molar-refractivity contribution in [1.29, 1.82) is 0 Å². The third-order valence-electron chi connectivity index (χ3n) is 3.64. The number of para-hydroxylation sites is 1. The molecule has 1 amide bonds. The zero-order valence-electron chi connectivity index (χ0n) is 13.6. The molecule has 0 atom stereocenters. The van der Waals surface area contributed by atoms with Crippen molar-refractivity contribution in [3.8, 4) is 0 Å². The van der Waals surface area contributed by atoms with Crippen molar-refractivity contribution in [3.63, 3.8) is 0 Å². The number of thioether (sulfide) groups is 1. The summed E-state index contributed by atoms with van der Waals surface area (Å²) in [4.78, 5) is 18.7. The molecule has 0 saturated heterocycles. The summed E-state index contributed by atoms with van der Waals surface area (Å²) in [6, 6.07) is 15.6. The van der Waals surface area contributed by atoms with Crippen LogP contribution in [0.5, 0.6) is 0 Å². The van der Waals surface area contributed by atoms with Crippen molar-refractivity contribution in [2.45, 2.75) is 11.4 Å². The Bertz CT molecular complexity index is 911. The van der Waals surface area contributed by atoms with Gasteiger partial charge in [-0.1, -0.05) is 23.5 Å². The van der Waals surface area contributed by atoms with Gasteiger partial charge in [-0.25, -0.2) is 0 Å². The molecule has 124 valence electrons. The number of carbonyl (C=O) groups excluding carboxylic acids is 1. The van der Waals surface area contributed by atoms with Gasteiger partial charge < -0.3 is 9.30 Å². The van der Waals surface area contributed by atoms with Gasteiger partial charge in [0.25, 0.3) is 5.91 Å². The van der Waals surface area contributed by atoms with E-state index in [1.54, 1.807) is 18.9 Å². The normalized spacial score (nSPS) is 12.0.